The second-order valence-electron chi connectivity index (χ2n) is 7.25. The smallest absolute Gasteiger partial charge is 0.225 e. The van der Waals surface area contributed by atoms with Crippen LogP contribution in [0.25, 0.3) is 11.3 Å². The van der Waals surface area contributed by atoms with E-state index < -0.39 is 0 Å². The summed E-state index contributed by atoms with van der Waals surface area (Å²) in [5.74, 6) is 1.55. The van der Waals surface area contributed by atoms with E-state index in [2.05, 4.69) is 50.8 Å². The molecule has 1 fully saturated rings. The Bertz CT molecular complexity index is 907. The fourth-order valence-corrected chi connectivity index (χ4v) is 4.04. The van der Waals surface area contributed by atoms with E-state index in [1.807, 2.05) is 36.4 Å². The highest BCUT2D eigenvalue weighted by atomic mass is 79.9. The molecule has 0 aliphatic heterocycles. The van der Waals surface area contributed by atoms with Crippen LogP contribution in [0.3, 0.4) is 0 Å². The summed E-state index contributed by atoms with van der Waals surface area (Å²) in [5, 5.41) is 7.04. The molecule has 3 aromatic rings. The van der Waals surface area contributed by atoms with Gasteiger partial charge in [-0.1, -0.05) is 83.7 Å². The third-order valence-corrected chi connectivity index (χ3v) is 5.93. The van der Waals surface area contributed by atoms with Crippen molar-refractivity contribution in [1.82, 2.24) is 9.97 Å². The van der Waals surface area contributed by atoms with Crippen molar-refractivity contribution in [2.45, 2.75) is 44.7 Å². The van der Waals surface area contributed by atoms with E-state index in [1.54, 1.807) is 0 Å². The second-order valence-corrected chi connectivity index (χ2v) is 8.11. The van der Waals surface area contributed by atoms with E-state index >= 15 is 0 Å². The van der Waals surface area contributed by atoms with Gasteiger partial charge >= 0.3 is 0 Å². The highest BCUT2D eigenvalue weighted by Crippen LogP contribution is 2.25. The number of halogens is 1. The molecule has 0 atom stereocenters. The predicted molar refractivity (Wildman–Crippen MR) is 119 cm³/mol. The van der Waals surface area contributed by atoms with Crippen molar-refractivity contribution >= 4 is 27.7 Å². The van der Waals surface area contributed by atoms with Crippen molar-refractivity contribution in [3.8, 4) is 11.3 Å². The third-order valence-electron chi connectivity index (χ3n) is 5.15. The summed E-state index contributed by atoms with van der Waals surface area (Å²) in [6, 6.07) is 21.0. The van der Waals surface area contributed by atoms with Gasteiger partial charge in [-0.05, 0) is 24.5 Å². The summed E-state index contributed by atoms with van der Waals surface area (Å²) >= 11 is 3.62. The minimum atomic E-state index is 0.468. The van der Waals surface area contributed by atoms with Crippen LogP contribution in [0.2, 0.25) is 0 Å². The Morgan fingerprint density at radius 3 is 2.43 bits per heavy atom. The van der Waals surface area contributed by atoms with Gasteiger partial charge in [-0.3, -0.25) is 0 Å². The number of anilines is 2. The maximum Gasteiger partial charge on any atom is 0.225 e. The van der Waals surface area contributed by atoms with Crippen LogP contribution in [0.15, 0.2) is 65.1 Å². The molecule has 1 heterocycles. The molecule has 0 bridgehead atoms. The molecule has 1 aliphatic carbocycles. The second kappa shape index (κ2) is 9.20. The van der Waals surface area contributed by atoms with Crippen molar-refractivity contribution in [2.75, 3.05) is 10.6 Å². The summed E-state index contributed by atoms with van der Waals surface area (Å²) in [6.07, 6.45) is 6.28. The molecular formula is C23H25BrN4. The van der Waals surface area contributed by atoms with Gasteiger partial charge in [-0.15, -0.1) is 0 Å². The fourth-order valence-electron chi connectivity index (χ4n) is 3.62. The summed E-state index contributed by atoms with van der Waals surface area (Å²) in [4.78, 5) is 9.55. The van der Waals surface area contributed by atoms with Crippen LogP contribution >= 0.6 is 15.9 Å². The summed E-state index contributed by atoms with van der Waals surface area (Å²) < 4.78 is 1.10. The molecule has 0 radical (unpaired) electrons. The largest absolute Gasteiger partial charge is 0.366 e. The lowest BCUT2D eigenvalue weighted by Gasteiger charge is -2.23. The lowest BCUT2D eigenvalue weighted by molar-refractivity contribution is 0.461. The van der Waals surface area contributed by atoms with Crippen molar-refractivity contribution in [2.24, 2.45) is 0 Å². The summed E-state index contributed by atoms with van der Waals surface area (Å²) in [7, 11) is 0. The molecule has 5 heteroatoms. The highest BCUT2D eigenvalue weighted by Gasteiger charge is 2.15. The zero-order valence-electron chi connectivity index (χ0n) is 15.9. The molecule has 4 rings (SSSR count). The molecule has 2 N–H and O–H groups in total. The van der Waals surface area contributed by atoms with Gasteiger partial charge in [-0.2, -0.15) is 4.98 Å². The van der Waals surface area contributed by atoms with Crippen LogP contribution in [0, 0.1) is 0 Å². The quantitative estimate of drug-likeness (QED) is 0.478. The maximum atomic E-state index is 4.80. The lowest BCUT2D eigenvalue weighted by Crippen LogP contribution is -2.23. The van der Waals surface area contributed by atoms with Gasteiger partial charge in [0.05, 0.1) is 5.69 Å². The number of nitrogens with zero attached hydrogens (tertiary/aromatic N) is 2. The first-order valence-corrected chi connectivity index (χ1v) is 10.8. The van der Waals surface area contributed by atoms with Crippen LogP contribution in [0.1, 0.15) is 37.7 Å². The topological polar surface area (TPSA) is 49.8 Å². The molecule has 0 unspecified atom stereocenters. The monoisotopic (exact) mass is 436 g/mol. The third kappa shape index (κ3) is 4.90. The molecule has 1 aromatic heterocycles. The standard InChI is InChI=1S/C23H25BrN4/c24-20-14-8-7-11-18(20)16-25-22-15-21(17-9-3-1-4-10-17)27-23(28-22)26-19-12-5-2-6-13-19/h1,3-4,7-11,14-15,19H,2,5-6,12-13,16H2,(H2,25,26,27,28). The van der Waals surface area contributed by atoms with Gasteiger partial charge in [0.15, 0.2) is 0 Å². The van der Waals surface area contributed by atoms with E-state index in [9.17, 15) is 0 Å². The molecule has 1 aliphatic rings. The fraction of sp³-hybridized carbons (Fsp3) is 0.304. The Balaban J connectivity index is 1.58. The Labute approximate surface area is 175 Å². The normalized spacial score (nSPS) is 14.6. The van der Waals surface area contributed by atoms with E-state index in [0.29, 0.717) is 18.5 Å². The minimum absolute atomic E-state index is 0.468. The summed E-state index contributed by atoms with van der Waals surface area (Å²) in [6.45, 7) is 0.704. The van der Waals surface area contributed by atoms with E-state index in [4.69, 9.17) is 9.97 Å². The first-order chi connectivity index (χ1) is 13.8. The first-order valence-electron chi connectivity index (χ1n) is 9.96. The number of benzene rings is 2. The van der Waals surface area contributed by atoms with Gasteiger partial charge in [0, 0.05) is 28.7 Å². The van der Waals surface area contributed by atoms with Crippen LogP contribution < -0.4 is 10.6 Å². The maximum absolute atomic E-state index is 4.80. The number of aromatic nitrogens is 2. The van der Waals surface area contributed by atoms with Gasteiger partial charge in [-0.25, -0.2) is 4.98 Å². The minimum Gasteiger partial charge on any atom is -0.366 e. The SMILES string of the molecule is Brc1ccccc1CNc1cc(-c2ccccc2)nc(NC2CCCCC2)n1. The number of hydrogen-bond donors (Lipinski definition) is 2. The predicted octanol–water partition coefficient (Wildman–Crippen LogP) is 6.26. The average Bonchev–Trinajstić information content (AvgIpc) is 2.74. The molecule has 144 valence electrons. The molecule has 1 saturated carbocycles. The Morgan fingerprint density at radius 1 is 0.893 bits per heavy atom. The number of hydrogen-bond acceptors (Lipinski definition) is 4. The first kappa shape index (κ1) is 18.9. The van der Waals surface area contributed by atoms with Crippen molar-refractivity contribution in [3.05, 3.63) is 70.7 Å². The van der Waals surface area contributed by atoms with Gasteiger partial charge in [0.25, 0.3) is 0 Å². The number of nitrogens with one attached hydrogen (secondary N) is 2. The number of rotatable bonds is 6. The van der Waals surface area contributed by atoms with E-state index in [0.717, 1.165) is 21.5 Å². The Kier molecular flexibility index (Phi) is 6.22. The molecule has 2 aromatic carbocycles. The van der Waals surface area contributed by atoms with Crippen LogP contribution in [0.5, 0.6) is 0 Å². The molecule has 28 heavy (non-hydrogen) atoms. The van der Waals surface area contributed by atoms with Crippen molar-refractivity contribution in [3.63, 3.8) is 0 Å². The van der Waals surface area contributed by atoms with Gasteiger partial charge in [0.2, 0.25) is 5.95 Å². The van der Waals surface area contributed by atoms with Crippen molar-refractivity contribution in [1.29, 1.82) is 0 Å². The average molecular weight is 437 g/mol. The van der Waals surface area contributed by atoms with Gasteiger partial charge < -0.3 is 10.6 Å². The molecular weight excluding hydrogens is 412 g/mol. The zero-order chi connectivity index (χ0) is 19.2. The molecule has 0 saturated heterocycles. The van der Waals surface area contributed by atoms with Crippen molar-refractivity contribution < 1.29 is 0 Å². The Morgan fingerprint density at radius 2 is 1.64 bits per heavy atom. The molecule has 0 amide bonds. The lowest BCUT2D eigenvalue weighted by atomic mass is 9.96. The van der Waals surface area contributed by atoms with Crippen LogP contribution in [-0.2, 0) is 6.54 Å². The summed E-state index contributed by atoms with van der Waals surface area (Å²) in [5.41, 5.74) is 3.23. The van der Waals surface area contributed by atoms with Gasteiger partial charge in [0.1, 0.15) is 5.82 Å². The Hall–Kier alpha value is -2.40. The zero-order valence-corrected chi connectivity index (χ0v) is 17.5. The molecule has 0 spiro atoms. The van der Waals surface area contributed by atoms with E-state index in [1.165, 1.54) is 37.7 Å². The molecule has 4 nitrogen and oxygen atoms in total. The van der Waals surface area contributed by atoms with E-state index in [-0.39, 0.29) is 0 Å². The van der Waals surface area contributed by atoms with Crippen LogP contribution in [-0.4, -0.2) is 16.0 Å². The van der Waals surface area contributed by atoms with Crippen LogP contribution in [0.4, 0.5) is 11.8 Å². The highest BCUT2D eigenvalue weighted by molar-refractivity contribution is 9.10.